The number of ether oxygens (including phenoxy) is 2. The second-order valence-corrected chi connectivity index (χ2v) is 21.1. The number of aliphatic hydroxyl groups is 1. The normalized spacial score (nSPS) is 12.1. The monoisotopic (exact) mass is 945 g/mol. The maximum absolute atomic E-state index is 12.2. The van der Waals surface area contributed by atoms with E-state index in [9.17, 15) is 14.7 Å². The molecule has 0 aromatic carbocycles. The third-order valence-corrected chi connectivity index (χ3v) is 14.3. The molecule has 0 radical (unpaired) electrons. The number of allylic oxidation sites excluding steroid dienone is 2. The molecule has 0 aliphatic carbocycles. The zero-order chi connectivity index (χ0) is 48.5. The Hall–Kier alpha value is -1.36. The summed E-state index contributed by atoms with van der Waals surface area (Å²) >= 11 is 0. The van der Waals surface area contributed by atoms with Crippen LogP contribution in [0, 0.1) is 0 Å². The molecule has 0 saturated carbocycles. The fourth-order valence-electron chi connectivity index (χ4n) is 9.67. The average Bonchev–Trinajstić information content (AvgIpc) is 3.33. The smallest absolute Gasteiger partial charge is 0.306 e. The Balaban J connectivity index is 3.33. The van der Waals surface area contributed by atoms with E-state index in [0.717, 1.165) is 38.5 Å². The van der Waals surface area contributed by atoms with Gasteiger partial charge in [0.25, 0.3) is 0 Å². The molecular weight excluding hydrogens is 825 g/mol. The van der Waals surface area contributed by atoms with Crippen molar-refractivity contribution < 1.29 is 24.2 Å². The van der Waals surface area contributed by atoms with Crippen molar-refractivity contribution in [2.45, 2.75) is 360 Å². The van der Waals surface area contributed by atoms with Crippen LogP contribution in [0.1, 0.15) is 354 Å². The van der Waals surface area contributed by atoms with Gasteiger partial charge in [0, 0.05) is 12.8 Å². The second kappa shape index (κ2) is 59.0. The van der Waals surface area contributed by atoms with Gasteiger partial charge >= 0.3 is 11.9 Å². The van der Waals surface area contributed by atoms with E-state index >= 15 is 0 Å². The Labute approximate surface area is 420 Å². The summed E-state index contributed by atoms with van der Waals surface area (Å²) < 4.78 is 10.7. The molecular formula is C62H120O5. The van der Waals surface area contributed by atoms with Crippen LogP contribution in [-0.2, 0) is 19.1 Å². The summed E-state index contributed by atoms with van der Waals surface area (Å²) in [4.78, 5) is 24.5. The Morgan fingerprint density at radius 2 is 0.552 bits per heavy atom. The fourth-order valence-corrected chi connectivity index (χ4v) is 9.67. The summed E-state index contributed by atoms with van der Waals surface area (Å²) in [7, 11) is 0. The number of carbonyl (C=O) groups excluding carboxylic acids is 2. The van der Waals surface area contributed by atoms with Crippen LogP contribution in [0.15, 0.2) is 12.2 Å². The predicted octanol–water partition coefficient (Wildman–Crippen LogP) is 20.7. The zero-order valence-electron chi connectivity index (χ0n) is 45.7. The van der Waals surface area contributed by atoms with E-state index in [1.54, 1.807) is 0 Å². The lowest BCUT2D eigenvalue weighted by Gasteiger charge is -2.15. The largest absolute Gasteiger partial charge is 0.462 e. The number of aliphatic hydroxyl groups excluding tert-OH is 1. The molecule has 0 aromatic heterocycles. The zero-order valence-corrected chi connectivity index (χ0v) is 45.7. The maximum Gasteiger partial charge on any atom is 0.306 e. The first kappa shape index (κ1) is 65.6. The molecule has 0 aromatic rings. The van der Waals surface area contributed by atoms with Gasteiger partial charge in [0.2, 0.25) is 0 Å². The standard InChI is InChI=1S/C62H120O5/c1-3-5-7-9-11-13-15-17-19-20-21-22-23-24-25-26-27-28-29-30-31-32-33-34-35-36-37-38-39-40-41-43-44-46-48-50-52-54-56-61(64)66-59-60(58-63)67-62(65)57-55-53-51-49-47-45-42-18-16-14-12-10-8-6-4-2/h18,42,60,63H,3-17,19-41,43-59H2,1-2H3/b42-18-. The number of hydrogen-bond donors (Lipinski definition) is 1. The van der Waals surface area contributed by atoms with Gasteiger partial charge < -0.3 is 14.6 Å². The lowest BCUT2D eigenvalue weighted by atomic mass is 10.0. The minimum atomic E-state index is -0.771. The van der Waals surface area contributed by atoms with E-state index in [1.165, 1.54) is 289 Å². The number of esters is 2. The van der Waals surface area contributed by atoms with Gasteiger partial charge in [0.1, 0.15) is 6.61 Å². The van der Waals surface area contributed by atoms with Gasteiger partial charge in [0.05, 0.1) is 6.61 Å². The molecule has 0 saturated heterocycles. The molecule has 0 bridgehead atoms. The maximum atomic E-state index is 12.2. The van der Waals surface area contributed by atoms with Crippen LogP contribution in [0.5, 0.6) is 0 Å². The van der Waals surface area contributed by atoms with E-state index < -0.39 is 6.10 Å². The van der Waals surface area contributed by atoms with Gasteiger partial charge in [0.15, 0.2) is 6.10 Å². The Morgan fingerprint density at radius 3 is 0.806 bits per heavy atom. The van der Waals surface area contributed by atoms with Crippen LogP contribution in [0.25, 0.3) is 0 Å². The van der Waals surface area contributed by atoms with Gasteiger partial charge in [-0.1, -0.05) is 315 Å². The molecule has 1 unspecified atom stereocenters. The van der Waals surface area contributed by atoms with Crippen LogP contribution in [0.2, 0.25) is 0 Å². The van der Waals surface area contributed by atoms with E-state index in [2.05, 4.69) is 26.0 Å². The number of carbonyl (C=O) groups is 2. The molecule has 0 heterocycles. The van der Waals surface area contributed by atoms with E-state index in [-0.39, 0.29) is 25.2 Å². The molecule has 5 heteroatoms. The van der Waals surface area contributed by atoms with E-state index in [4.69, 9.17) is 9.47 Å². The topological polar surface area (TPSA) is 72.8 Å². The highest BCUT2D eigenvalue weighted by Gasteiger charge is 2.16. The lowest BCUT2D eigenvalue weighted by molar-refractivity contribution is -0.161. The summed E-state index contributed by atoms with van der Waals surface area (Å²) in [5, 5.41) is 9.63. The van der Waals surface area contributed by atoms with Crippen molar-refractivity contribution in [3.63, 3.8) is 0 Å². The molecule has 0 aliphatic heterocycles. The van der Waals surface area contributed by atoms with Gasteiger partial charge in [-0.2, -0.15) is 0 Å². The highest BCUT2D eigenvalue weighted by Crippen LogP contribution is 2.18. The first-order valence-corrected chi connectivity index (χ1v) is 30.7. The molecule has 0 fully saturated rings. The van der Waals surface area contributed by atoms with Crippen molar-refractivity contribution >= 4 is 11.9 Å². The molecule has 0 amide bonds. The summed E-state index contributed by atoms with van der Waals surface area (Å²) in [6.07, 6.45) is 73.8. The van der Waals surface area contributed by atoms with Gasteiger partial charge in [-0.25, -0.2) is 0 Å². The Kier molecular flexibility index (Phi) is 57.8. The summed E-state index contributed by atoms with van der Waals surface area (Å²) in [5.41, 5.74) is 0. The Morgan fingerprint density at radius 1 is 0.328 bits per heavy atom. The average molecular weight is 946 g/mol. The summed E-state index contributed by atoms with van der Waals surface area (Å²) in [6, 6.07) is 0. The van der Waals surface area contributed by atoms with Crippen molar-refractivity contribution in [2.24, 2.45) is 0 Å². The molecule has 1 atom stereocenters. The van der Waals surface area contributed by atoms with E-state index in [1.807, 2.05) is 0 Å². The minimum Gasteiger partial charge on any atom is -0.462 e. The third kappa shape index (κ3) is 57.1. The van der Waals surface area contributed by atoms with Crippen molar-refractivity contribution in [3.8, 4) is 0 Å². The van der Waals surface area contributed by atoms with Crippen molar-refractivity contribution in [1.29, 1.82) is 0 Å². The van der Waals surface area contributed by atoms with Crippen LogP contribution < -0.4 is 0 Å². The predicted molar refractivity (Wildman–Crippen MR) is 293 cm³/mol. The van der Waals surface area contributed by atoms with Gasteiger partial charge in [-0.15, -0.1) is 0 Å². The first-order valence-electron chi connectivity index (χ1n) is 30.7. The Bertz CT molecular complexity index is 979. The van der Waals surface area contributed by atoms with Crippen molar-refractivity contribution in [2.75, 3.05) is 13.2 Å². The molecule has 5 nitrogen and oxygen atoms in total. The van der Waals surface area contributed by atoms with E-state index in [0.29, 0.717) is 12.8 Å². The van der Waals surface area contributed by atoms with Crippen LogP contribution in [-0.4, -0.2) is 36.4 Å². The molecule has 398 valence electrons. The quantitative estimate of drug-likeness (QED) is 0.0374. The highest BCUT2D eigenvalue weighted by atomic mass is 16.6. The minimum absolute atomic E-state index is 0.0623. The number of rotatable bonds is 58. The van der Waals surface area contributed by atoms with Gasteiger partial charge in [-0.05, 0) is 38.5 Å². The third-order valence-electron chi connectivity index (χ3n) is 14.3. The number of hydrogen-bond acceptors (Lipinski definition) is 5. The molecule has 67 heavy (non-hydrogen) atoms. The van der Waals surface area contributed by atoms with Crippen LogP contribution in [0.3, 0.4) is 0 Å². The van der Waals surface area contributed by atoms with Crippen molar-refractivity contribution in [3.05, 3.63) is 12.2 Å². The second-order valence-electron chi connectivity index (χ2n) is 21.1. The lowest BCUT2D eigenvalue weighted by Crippen LogP contribution is -2.28. The number of unbranched alkanes of at least 4 members (excludes halogenated alkanes) is 48. The molecule has 0 spiro atoms. The van der Waals surface area contributed by atoms with Crippen LogP contribution >= 0.6 is 0 Å². The van der Waals surface area contributed by atoms with Crippen molar-refractivity contribution in [1.82, 2.24) is 0 Å². The van der Waals surface area contributed by atoms with Crippen LogP contribution in [0.4, 0.5) is 0 Å². The molecule has 0 aliphatic rings. The summed E-state index contributed by atoms with van der Waals surface area (Å²) in [6.45, 7) is 4.18. The molecule has 1 N–H and O–H groups in total. The summed E-state index contributed by atoms with van der Waals surface area (Å²) in [5.74, 6) is -0.581. The molecule has 0 rings (SSSR count). The first-order chi connectivity index (χ1) is 33.1. The fraction of sp³-hybridized carbons (Fsp3) is 0.935. The highest BCUT2D eigenvalue weighted by molar-refractivity contribution is 5.70. The SMILES string of the molecule is CCCCCCCC/C=C\CCCCCCCC(=O)OC(CO)COC(=O)CCCCCCCCCCCCCCCCCCCCCCCCCCCCCCCCCCCCCCCC. The van der Waals surface area contributed by atoms with Gasteiger partial charge in [-0.3, -0.25) is 9.59 Å².